The average Bonchev–Trinajstić information content (AvgIpc) is 2.74. The number of carbonyl (C=O) groups is 2. The number of hydrogen-bond acceptors (Lipinski definition) is 6. The fourth-order valence-electron chi connectivity index (χ4n) is 3.17. The molecular weight excluding hydrogens is 358 g/mol. The molecule has 1 aliphatic heterocycles. The third kappa shape index (κ3) is 4.76. The van der Waals surface area contributed by atoms with Gasteiger partial charge in [-0.3, -0.25) is 9.69 Å². The summed E-state index contributed by atoms with van der Waals surface area (Å²) in [5, 5.41) is 2.96. The third-order valence-corrected chi connectivity index (χ3v) is 4.69. The summed E-state index contributed by atoms with van der Waals surface area (Å²) in [7, 11) is 1.65. The Kier molecular flexibility index (Phi) is 6.41. The molecule has 1 aromatic heterocycles. The summed E-state index contributed by atoms with van der Waals surface area (Å²) < 4.78 is 4.98. The monoisotopic (exact) mass is 383 g/mol. The van der Waals surface area contributed by atoms with E-state index in [1.54, 1.807) is 56.7 Å². The van der Waals surface area contributed by atoms with Gasteiger partial charge in [-0.15, -0.1) is 0 Å². The maximum atomic E-state index is 12.7. The quantitative estimate of drug-likeness (QED) is 0.854. The Hall–Kier alpha value is -3.16. The first-order valence-electron chi connectivity index (χ1n) is 9.42. The van der Waals surface area contributed by atoms with Crippen LogP contribution in [0.15, 0.2) is 42.7 Å². The van der Waals surface area contributed by atoms with Crippen LogP contribution in [-0.2, 0) is 9.53 Å². The molecule has 8 heteroatoms. The Bertz CT molecular complexity index is 797. The van der Waals surface area contributed by atoms with Gasteiger partial charge in [0.15, 0.2) is 0 Å². The second-order valence-electron chi connectivity index (χ2n) is 6.63. The molecule has 3 rings (SSSR count). The van der Waals surface area contributed by atoms with E-state index in [4.69, 9.17) is 4.74 Å². The van der Waals surface area contributed by atoms with Crippen LogP contribution in [0.4, 0.5) is 22.1 Å². The van der Waals surface area contributed by atoms with Crippen molar-refractivity contribution >= 4 is 29.3 Å². The zero-order valence-electron chi connectivity index (χ0n) is 16.2. The number of carbonyl (C=O) groups excluding carboxylic acids is 2. The summed E-state index contributed by atoms with van der Waals surface area (Å²) in [6, 6.07) is 8.89. The lowest BCUT2D eigenvalue weighted by atomic mass is 9.97. The van der Waals surface area contributed by atoms with Crippen LogP contribution in [0.1, 0.15) is 19.8 Å². The molecule has 0 spiro atoms. The lowest BCUT2D eigenvalue weighted by Crippen LogP contribution is -2.41. The zero-order valence-corrected chi connectivity index (χ0v) is 16.2. The molecule has 1 N–H and O–H groups in total. The van der Waals surface area contributed by atoms with Crippen LogP contribution >= 0.6 is 0 Å². The number of ether oxygens (including phenoxy) is 1. The fourth-order valence-corrected chi connectivity index (χ4v) is 3.17. The Morgan fingerprint density at radius 3 is 2.64 bits per heavy atom. The Balaban J connectivity index is 1.59. The maximum Gasteiger partial charge on any atom is 0.413 e. The highest BCUT2D eigenvalue weighted by molar-refractivity contribution is 5.93. The van der Waals surface area contributed by atoms with Gasteiger partial charge in [0, 0.05) is 43.9 Å². The summed E-state index contributed by atoms with van der Waals surface area (Å²) in [5.74, 6) is 0.512. The third-order valence-electron chi connectivity index (χ3n) is 4.69. The van der Waals surface area contributed by atoms with Crippen LogP contribution in [0.5, 0.6) is 0 Å². The van der Waals surface area contributed by atoms with Crippen molar-refractivity contribution in [1.29, 1.82) is 0 Å². The molecule has 2 aromatic rings. The second-order valence-corrected chi connectivity index (χ2v) is 6.63. The van der Waals surface area contributed by atoms with Gasteiger partial charge in [-0.05, 0) is 50.1 Å². The van der Waals surface area contributed by atoms with Crippen LogP contribution in [0.3, 0.4) is 0 Å². The van der Waals surface area contributed by atoms with Crippen LogP contribution < -0.4 is 15.1 Å². The maximum absolute atomic E-state index is 12.7. The molecule has 148 valence electrons. The fraction of sp³-hybridized carbons (Fsp3) is 0.400. The first-order chi connectivity index (χ1) is 13.6. The molecule has 1 saturated heterocycles. The summed E-state index contributed by atoms with van der Waals surface area (Å²) >= 11 is 0. The van der Waals surface area contributed by atoms with Crippen LogP contribution in [0.25, 0.3) is 0 Å². The Labute approximate surface area is 164 Å². The predicted octanol–water partition coefficient (Wildman–Crippen LogP) is 2.92. The molecule has 1 aromatic carbocycles. The van der Waals surface area contributed by atoms with Crippen molar-refractivity contribution < 1.29 is 14.3 Å². The highest BCUT2D eigenvalue weighted by Crippen LogP contribution is 2.23. The van der Waals surface area contributed by atoms with Gasteiger partial charge >= 0.3 is 6.09 Å². The van der Waals surface area contributed by atoms with Crippen LogP contribution in [0, 0.1) is 5.92 Å². The van der Waals surface area contributed by atoms with Crippen molar-refractivity contribution in [2.45, 2.75) is 19.8 Å². The van der Waals surface area contributed by atoms with Gasteiger partial charge in [-0.25, -0.2) is 14.8 Å². The van der Waals surface area contributed by atoms with Gasteiger partial charge in [0.1, 0.15) is 0 Å². The molecule has 8 nitrogen and oxygen atoms in total. The van der Waals surface area contributed by atoms with Gasteiger partial charge in [-0.2, -0.15) is 0 Å². The van der Waals surface area contributed by atoms with E-state index in [1.165, 1.54) is 4.90 Å². The molecule has 2 heterocycles. The minimum atomic E-state index is -0.412. The first-order valence-corrected chi connectivity index (χ1v) is 9.42. The number of nitrogens with zero attached hydrogens (tertiary/aromatic N) is 4. The second kappa shape index (κ2) is 9.16. The molecule has 1 atom stereocenters. The molecule has 1 unspecified atom stereocenters. The molecule has 0 aliphatic carbocycles. The van der Waals surface area contributed by atoms with E-state index in [-0.39, 0.29) is 11.8 Å². The summed E-state index contributed by atoms with van der Waals surface area (Å²) in [5.41, 5.74) is 1.39. The molecule has 1 aliphatic rings. The SMILES string of the molecule is CCOC(=O)N(C)c1ccc(NC(=O)C2CCCN(c3ncccn3)C2)cc1. The number of aromatic nitrogens is 2. The minimum Gasteiger partial charge on any atom is -0.449 e. The van der Waals surface area contributed by atoms with Crippen molar-refractivity contribution in [1.82, 2.24) is 9.97 Å². The van der Waals surface area contributed by atoms with Gasteiger partial charge < -0.3 is 15.0 Å². The highest BCUT2D eigenvalue weighted by atomic mass is 16.6. The van der Waals surface area contributed by atoms with Crippen LogP contribution in [0.2, 0.25) is 0 Å². The van der Waals surface area contributed by atoms with Crippen molar-refractivity contribution in [3.8, 4) is 0 Å². The lowest BCUT2D eigenvalue weighted by Gasteiger charge is -2.31. The van der Waals surface area contributed by atoms with E-state index in [0.29, 0.717) is 30.5 Å². The van der Waals surface area contributed by atoms with E-state index < -0.39 is 6.09 Å². The zero-order chi connectivity index (χ0) is 19.9. The predicted molar refractivity (Wildman–Crippen MR) is 107 cm³/mol. The van der Waals surface area contributed by atoms with Gasteiger partial charge in [0.05, 0.1) is 12.5 Å². The number of piperidine rings is 1. The first kappa shape index (κ1) is 19.6. The Morgan fingerprint density at radius 1 is 1.25 bits per heavy atom. The molecule has 0 saturated carbocycles. The summed E-state index contributed by atoms with van der Waals surface area (Å²) in [6.45, 7) is 3.53. The number of rotatable bonds is 5. The molecule has 0 radical (unpaired) electrons. The molecule has 2 amide bonds. The Morgan fingerprint density at radius 2 is 1.96 bits per heavy atom. The molecule has 28 heavy (non-hydrogen) atoms. The van der Waals surface area contributed by atoms with Gasteiger partial charge in [0.2, 0.25) is 11.9 Å². The largest absolute Gasteiger partial charge is 0.449 e. The van der Waals surface area contributed by atoms with Crippen LogP contribution in [-0.4, -0.2) is 48.7 Å². The van der Waals surface area contributed by atoms with Crippen molar-refractivity contribution in [3.63, 3.8) is 0 Å². The molecular formula is C20H25N5O3. The van der Waals surface area contributed by atoms with Crippen molar-refractivity contribution in [2.24, 2.45) is 5.92 Å². The van der Waals surface area contributed by atoms with Crippen molar-refractivity contribution in [3.05, 3.63) is 42.7 Å². The summed E-state index contributed by atoms with van der Waals surface area (Å²) in [4.78, 5) is 36.5. The van der Waals surface area contributed by atoms with E-state index in [9.17, 15) is 9.59 Å². The number of benzene rings is 1. The molecule has 1 fully saturated rings. The number of anilines is 3. The smallest absolute Gasteiger partial charge is 0.413 e. The lowest BCUT2D eigenvalue weighted by molar-refractivity contribution is -0.120. The average molecular weight is 383 g/mol. The number of amides is 2. The van der Waals surface area contributed by atoms with E-state index in [1.807, 2.05) is 4.90 Å². The minimum absolute atomic E-state index is 0.0212. The number of nitrogens with one attached hydrogen (secondary N) is 1. The van der Waals surface area contributed by atoms with Gasteiger partial charge in [-0.1, -0.05) is 0 Å². The van der Waals surface area contributed by atoms with Gasteiger partial charge in [0.25, 0.3) is 0 Å². The molecule has 0 bridgehead atoms. The van der Waals surface area contributed by atoms with E-state index >= 15 is 0 Å². The standard InChI is InChI=1S/C20H25N5O3/c1-3-28-20(27)24(2)17-9-7-16(8-10-17)23-18(26)15-6-4-13-25(14-15)19-21-11-5-12-22-19/h5,7-12,15H,3-4,6,13-14H2,1-2H3,(H,23,26). The van der Waals surface area contributed by atoms with E-state index in [2.05, 4.69) is 15.3 Å². The van der Waals surface area contributed by atoms with Crippen molar-refractivity contribution in [2.75, 3.05) is 41.9 Å². The summed E-state index contributed by atoms with van der Waals surface area (Å²) in [6.07, 6.45) is 4.75. The topological polar surface area (TPSA) is 87.7 Å². The highest BCUT2D eigenvalue weighted by Gasteiger charge is 2.27. The number of hydrogen-bond donors (Lipinski definition) is 1. The normalized spacial score (nSPS) is 16.4. The van der Waals surface area contributed by atoms with E-state index in [0.717, 1.165) is 19.4 Å².